The summed E-state index contributed by atoms with van der Waals surface area (Å²) in [5, 5.41) is 12.4. The lowest BCUT2D eigenvalue weighted by Crippen LogP contribution is -2.37. The largest absolute Gasteiger partial charge is 0.452 e. The van der Waals surface area contributed by atoms with Crippen molar-refractivity contribution in [2.75, 3.05) is 24.2 Å². The molecule has 1 N–H and O–H groups in total. The Labute approximate surface area is 202 Å². The summed E-state index contributed by atoms with van der Waals surface area (Å²) in [5.41, 5.74) is 3.11. The molecule has 0 saturated carbocycles. The van der Waals surface area contributed by atoms with Gasteiger partial charge in [-0.25, -0.2) is 13.2 Å². The number of anilines is 1. The van der Waals surface area contributed by atoms with E-state index in [0.717, 1.165) is 16.8 Å². The molecule has 0 spiro atoms. The number of rotatable bonds is 6. The zero-order chi connectivity index (χ0) is 25.2. The van der Waals surface area contributed by atoms with E-state index in [2.05, 4.69) is 15.8 Å². The lowest BCUT2D eigenvalue weighted by Gasteiger charge is -2.26. The van der Waals surface area contributed by atoms with Crippen LogP contribution in [-0.4, -0.2) is 54.5 Å². The fourth-order valence-corrected chi connectivity index (χ4v) is 4.77. The Kier molecular flexibility index (Phi) is 6.57. The van der Waals surface area contributed by atoms with E-state index in [-0.39, 0.29) is 23.7 Å². The third-order valence-corrected chi connectivity index (χ3v) is 6.94. The number of fused-ring (bicyclic) bond motifs is 1. The summed E-state index contributed by atoms with van der Waals surface area (Å²) in [4.78, 5) is 26.7. The number of sulfonamides is 1. The first-order chi connectivity index (χ1) is 16.7. The number of amidine groups is 1. The highest BCUT2D eigenvalue weighted by Gasteiger charge is 2.26. The molecule has 0 bridgehead atoms. The highest BCUT2D eigenvalue weighted by Crippen LogP contribution is 2.27. The van der Waals surface area contributed by atoms with Gasteiger partial charge in [0.1, 0.15) is 17.7 Å². The van der Waals surface area contributed by atoms with Crippen LogP contribution in [0.15, 0.2) is 58.7 Å². The van der Waals surface area contributed by atoms with Gasteiger partial charge in [-0.3, -0.25) is 4.79 Å². The van der Waals surface area contributed by atoms with Crippen LogP contribution in [-0.2, 0) is 30.9 Å². The zero-order valence-corrected chi connectivity index (χ0v) is 20.0. The van der Waals surface area contributed by atoms with Crippen LogP contribution in [0.4, 0.5) is 5.82 Å². The van der Waals surface area contributed by atoms with E-state index in [4.69, 9.17) is 4.74 Å². The molecule has 3 heterocycles. The number of aromatic nitrogens is 1. The predicted octanol–water partition coefficient (Wildman–Crippen LogP) is 2.00. The first-order valence-corrected chi connectivity index (χ1v) is 12.4. The van der Waals surface area contributed by atoms with Crippen molar-refractivity contribution in [3.8, 4) is 6.07 Å². The minimum absolute atomic E-state index is 0.158. The summed E-state index contributed by atoms with van der Waals surface area (Å²) in [6.07, 6.45) is 4.25. The third kappa shape index (κ3) is 5.17. The highest BCUT2D eigenvalue weighted by molar-refractivity contribution is 7.90. The van der Waals surface area contributed by atoms with Gasteiger partial charge in [-0.15, -0.1) is 4.40 Å². The van der Waals surface area contributed by atoms with E-state index in [0.29, 0.717) is 17.9 Å². The van der Waals surface area contributed by atoms with E-state index in [1.54, 1.807) is 4.90 Å². The van der Waals surface area contributed by atoms with Crippen LogP contribution in [0, 0.1) is 25.2 Å². The summed E-state index contributed by atoms with van der Waals surface area (Å²) in [6, 6.07) is 11.8. The number of esters is 1. The van der Waals surface area contributed by atoms with Crippen LogP contribution < -0.4 is 5.32 Å². The number of carbonyl (C=O) groups is 2. The minimum atomic E-state index is -3.50. The molecule has 0 unspecified atom stereocenters. The van der Waals surface area contributed by atoms with E-state index in [1.807, 2.05) is 48.7 Å². The molecule has 2 aliphatic heterocycles. The number of carbonyl (C=O) groups excluding carboxylic acids is 2. The van der Waals surface area contributed by atoms with Crippen LogP contribution in [0.25, 0.3) is 0 Å². The monoisotopic (exact) mass is 493 g/mol. The number of benzene rings is 1. The van der Waals surface area contributed by atoms with Gasteiger partial charge in [0.25, 0.3) is 15.9 Å². The van der Waals surface area contributed by atoms with E-state index < -0.39 is 28.5 Å². The number of nitrogens with zero attached hydrogens (tertiary/aromatic N) is 4. The van der Waals surface area contributed by atoms with E-state index in [1.165, 1.54) is 18.4 Å². The Morgan fingerprint density at radius 3 is 2.66 bits per heavy atom. The van der Waals surface area contributed by atoms with Crippen LogP contribution >= 0.6 is 0 Å². The van der Waals surface area contributed by atoms with Crippen LogP contribution in [0.3, 0.4) is 0 Å². The second kappa shape index (κ2) is 9.60. The molecule has 0 atom stereocenters. The average Bonchev–Trinajstić information content (AvgIpc) is 3.06. The molecule has 35 heavy (non-hydrogen) atoms. The third-order valence-electron chi connectivity index (χ3n) is 5.78. The number of amides is 1. The van der Waals surface area contributed by atoms with Crippen LogP contribution in [0.1, 0.15) is 22.4 Å². The molecule has 1 aromatic heterocycles. The topological polar surface area (TPSA) is 134 Å². The van der Waals surface area contributed by atoms with Gasteiger partial charge in [-0.2, -0.15) is 5.26 Å². The predicted molar refractivity (Wildman–Crippen MR) is 129 cm³/mol. The molecule has 2 aromatic rings. The summed E-state index contributed by atoms with van der Waals surface area (Å²) in [5.74, 6) is -0.919. The summed E-state index contributed by atoms with van der Waals surface area (Å²) >= 11 is 0. The molecule has 0 aliphatic carbocycles. The summed E-state index contributed by atoms with van der Waals surface area (Å²) in [6.45, 7) is 3.75. The second-order valence-electron chi connectivity index (χ2n) is 8.09. The van der Waals surface area contributed by atoms with Gasteiger partial charge >= 0.3 is 5.97 Å². The SMILES string of the molecule is Cc1c(C#N)c(NC(=O)COC(=O)C2=CN3CCS(=O)(=O)N=C3C=C2)n(Cc2ccccc2)c1C. The molecule has 4 rings (SSSR count). The van der Waals surface area contributed by atoms with E-state index in [9.17, 15) is 23.3 Å². The molecule has 0 fully saturated rings. The van der Waals surface area contributed by atoms with E-state index >= 15 is 0 Å². The van der Waals surface area contributed by atoms with Gasteiger partial charge in [-0.05, 0) is 37.1 Å². The van der Waals surface area contributed by atoms with Gasteiger partial charge in [0.15, 0.2) is 6.61 Å². The fourth-order valence-electron chi connectivity index (χ4n) is 3.80. The van der Waals surface area contributed by atoms with Gasteiger partial charge in [0, 0.05) is 25.0 Å². The zero-order valence-electron chi connectivity index (χ0n) is 19.2. The normalized spacial score (nSPS) is 16.0. The number of nitrogens with one attached hydrogen (secondary N) is 1. The number of hydrogen-bond acceptors (Lipinski definition) is 7. The van der Waals surface area contributed by atoms with Crippen molar-refractivity contribution in [3.05, 3.63) is 76.6 Å². The maximum absolute atomic E-state index is 12.6. The Bertz CT molecular complexity index is 1430. The van der Waals surface area contributed by atoms with Gasteiger partial charge < -0.3 is 19.5 Å². The Hall–Kier alpha value is -4.17. The summed E-state index contributed by atoms with van der Waals surface area (Å²) < 4.78 is 33.9. The molecule has 0 saturated heterocycles. The number of hydrogen-bond donors (Lipinski definition) is 1. The highest BCUT2D eigenvalue weighted by atomic mass is 32.2. The molecule has 11 heteroatoms. The molecule has 1 aromatic carbocycles. The molecule has 180 valence electrons. The Morgan fingerprint density at radius 2 is 1.94 bits per heavy atom. The van der Waals surface area contributed by atoms with Crippen molar-refractivity contribution < 1.29 is 22.7 Å². The molecule has 2 aliphatic rings. The number of ether oxygens (including phenoxy) is 1. The van der Waals surface area contributed by atoms with Gasteiger partial charge in [0.2, 0.25) is 0 Å². The van der Waals surface area contributed by atoms with Crippen molar-refractivity contribution in [2.45, 2.75) is 20.4 Å². The molecular formula is C24H23N5O5S. The Morgan fingerprint density at radius 1 is 1.20 bits per heavy atom. The van der Waals surface area contributed by atoms with Crippen molar-refractivity contribution in [1.82, 2.24) is 9.47 Å². The lowest BCUT2D eigenvalue weighted by atomic mass is 10.2. The smallest absolute Gasteiger partial charge is 0.340 e. The van der Waals surface area contributed by atoms with Crippen molar-refractivity contribution in [3.63, 3.8) is 0 Å². The molecule has 0 radical (unpaired) electrons. The van der Waals surface area contributed by atoms with Gasteiger partial charge in [0.05, 0.1) is 16.9 Å². The molecule has 10 nitrogen and oxygen atoms in total. The molecular weight excluding hydrogens is 470 g/mol. The first kappa shape index (κ1) is 24.0. The van der Waals surface area contributed by atoms with Crippen LogP contribution in [0.5, 0.6) is 0 Å². The first-order valence-electron chi connectivity index (χ1n) is 10.8. The number of nitriles is 1. The minimum Gasteiger partial charge on any atom is -0.452 e. The Balaban J connectivity index is 1.44. The fraction of sp³-hybridized carbons (Fsp3) is 0.250. The quantitative estimate of drug-likeness (QED) is 0.608. The lowest BCUT2D eigenvalue weighted by molar-refractivity contribution is -0.143. The van der Waals surface area contributed by atoms with Gasteiger partial charge in [-0.1, -0.05) is 30.3 Å². The second-order valence-corrected chi connectivity index (χ2v) is 9.84. The maximum Gasteiger partial charge on any atom is 0.340 e. The van der Waals surface area contributed by atoms with Crippen molar-refractivity contribution in [1.29, 1.82) is 5.26 Å². The van der Waals surface area contributed by atoms with Crippen molar-refractivity contribution >= 4 is 33.6 Å². The molecule has 1 amide bonds. The van der Waals surface area contributed by atoms with Crippen molar-refractivity contribution in [2.24, 2.45) is 4.40 Å². The summed E-state index contributed by atoms with van der Waals surface area (Å²) in [7, 11) is -3.50. The average molecular weight is 494 g/mol. The van der Waals surface area contributed by atoms with Crippen LogP contribution in [0.2, 0.25) is 0 Å². The standard InChI is InChI=1S/C24H23N5O5S/c1-16-17(2)29(13-18-6-4-3-5-7-18)23(20(16)12-25)26-22(30)15-34-24(31)19-8-9-21-27-35(32,33)11-10-28(21)14-19/h3-9,14H,10-11,13,15H2,1-2H3,(H,26,30). The maximum atomic E-state index is 12.6.